The molecule has 1 saturated heterocycles. The minimum absolute atomic E-state index is 0.194. The van der Waals surface area contributed by atoms with Crippen LogP contribution >= 0.6 is 0 Å². The first-order chi connectivity index (χ1) is 8.19. The molecule has 3 nitrogen and oxygen atoms in total. The molecule has 17 heavy (non-hydrogen) atoms. The molecule has 0 aromatic heterocycles. The van der Waals surface area contributed by atoms with Crippen LogP contribution in [0, 0.1) is 5.92 Å². The summed E-state index contributed by atoms with van der Waals surface area (Å²) in [7, 11) is 0. The van der Waals surface area contributed by atoms with Gasteiger partial charge in [-0.2, -0.15) is 0 Å². The van der Waals surface area contributed by atoms with Gasteiger partial charge in [0.05, 0.1) is 0 Å². The maximum absolute atomic E-state index is 12.1. The summed E-state index contributed by atoms with van der Waals surface area (Å²) in [5, 5.41) is 9.04. The highest BCUT2D eigenvalue weighted by molar-refractivity contribution is 5.76. The van der Waals surface area contributed by atoms with Gasteiger partial charge in [-0.05, 0) is 38.0 Å². The molecule has 1 fully saturated rings. The van der Waals surface area contributed by atoms with Gasteiger partial charge in [0.1, 0.15) is 0 Å². The predicted octanol–water partition coefficient (Wildman–Crippen LogP) is 2.58. The van der Waals surface area contributed by atoms with Gasteiger partial charge in [0.2, 0.25) is 5.91 Å². The van der Waals surface area contributed by atoms with Crippen molar-refractivity contribution >= 4 is 5.91 Å². The van der Waals surface area contributed by atoms with E-state index in [1.807, 2.05) is 4.90 Å². The molecule has 1 N–H and O–H groups in total. The van der Waals surface area contributed by atoms with Crippen molar-refractivity contribution in [3.05, 3.63) is 0 Å². The van der Waals surface area contributed by atoms with Crippen LogP contribution in [0.1, 0.15) is 58.8 Å². The number of amides is 1. The van der Waals surface area contributed by atoms with Crippen LogP contribution < -0.4 is 0 Å². The molecule has 1 amide bonds. The fourth-order valence-corrected chi connectivity index (χ4v) is 2.50. The molecular formula is C14H27NO2. The maximum atomic E-state index is 12.1. The Kier molecular flexibility index (Phi) is 6.56. The van der Waals surface area contributed by atoms with E-state index in [0.29, 0.717) is 18.2 Å². The van der Waals surface area contributed by atoms with Crippen molar-refractivity contribution in [2.24, 2.45) is 5.92 Å². The standard InChI is InChI=1S/C14H27NO2/c1-3-12(2)7-8-14(17)15-10-5-4-6-13(15)9-11-16/h12-13,16H,3-11H2,1-2H3/t12-,13-/m1/s1. The molecule has 0 unspecified atom stereocenters. The number of hydrogen-bond acceptors (Lipinski definition) is 2. The molecule has 1 rings (SSSR count). The fraction of sp³-hybridized carbons (Fsp3) is 0.929. The van der Waals surface area contributed by atoms with Crippen molar-refractivity contribution in [2.45, 2.75) is 64.8 Å². The van der Waals surface area contributed by atoms with E-state index in [0.717, 1.165) is 38.6 Å². The number of likely N-dealkylation sites (tertiary alicyclic amines) is 1. The second kappa shape index (κ2) is 7.70. The topological polar surface area (TPSA) is 40.5 Å². The third-order valence-electron chi connectivity index (χ3n) is 3.96. The second-order valence-corrected chi connectivity index (χ2v) is 5.30. The van der Waals surface area contributed by atoms with Crippen LogP contribution in [-0.2, 0) is 4.79 Å². The van der Waals surface area contributed by atoms with Crippen LogP contribution in [-0.4, -0.2) is 35.1 Å². The Morgan fingerprint density at radius 3 is 2.88 bits per heavy atom. The number of rotatable bonds is 6. The quantitative estimate of drug-likeness (QED) is 0.776. The van der Waals surface area contributed by atoms with E-state index in [1.54, 1.807) is 0 Å². The van der Waals surface area contributed by atoms with Crippen molar-refractivity contribution in [3.8, 4) is 0 Å². The highest BCUT2D eigenvalue weighted by atomic mass is 16.3. The first-order valence-electron chi connectivity index (χ1n) is 7.09. The zero-order valence-corrected chi connectivity index (χ0v) is 11.3. The van der Waals surface area contributed by atoms with Gasteiger partial charge in [0, 0.05) is 25.6 Å². The molecule has 0 spiro atoms. The van der Waals surface area contributed by atoms with Crippen molar-refractivity contribution < 1.29 is 9.90 Å². The lowest BCUT2D eigenvalue weighted by Gasteiger charge is -2.36. The molecule has 3 heteroatoms. The van der Waals surface area contributed by atoms with Gasteiger partial charge in [-0.25, -0.2) is 0 Å². The molecule has 0 aromatic rings. The highest BCUT2D eigenvalue weighted by Crippen LogP contribution is 2.21. The Morgan fingerprint density at radius 1 is 1.47 bits per heavy atom. The Labute approximate surface area is 105 Å². The van der Waals surface area contributed by atoms with Crippen LogP contribution in [0.3, 0.4) is 0 Å². The van der Waals surface area contributed by atoms with Crippen LogP contribution in [0.5, 0.6) is 0 Å². The van der Waals surface area contributed by atoms with Gasteiger partial charge >= 0.3 is 0 Å². The van der Waals surface area contributed by atoms with Gasteiger partial charge in [-0.3, -0.25) is 4.79 Å². The van der Waals surface area contributed by atoms with Crippen LogP contribution in [0.15, 0.2) is 0 Å². The Hall–Kier alpha value is -0.570. The summed E-state index contributed by atoms with van der Waals surface area (Å²) in [6, 6.07) is 0.290. The largest absolute Gasteiger partial charge is 0.396 e. The highest BCUT2D eigenvalue weighted by Gasteiger charge is 2.25. The minimum atomic E-state index is 0.194. The number of hydrogen-bond donors (Lipinski definition) is 1. The SMILES string of the molecule is CC[C@@H](C)CCC(=O)N1CCCC[C@@H]1CCO. The zero-order valence-electron chi connectivity index (χ0n) is 11.3. The number of aliphatic hydroxyl groups excluding tert-OH is 1. The molecule has 1 aliphatic rings. The smallest absolute Gasteiger partial charge is 0.222 e. The van der Waals surface area contributed by atoms with Gasteiger partial charge in [0.25, 0.3) is 0 Å². The fourth-order valence-electron chi connectivity index (χ4n) is 2.50. The minimum Gasteiger partial charge on any atom is -0.396 e. The first-order valence-corrected chi connectivity index (χ1v) is 7.09. The lowest BCUT2D eigenvalue weighted by molar-refractivity contribution is -0.135. The number of carbonyl (C=O) groups is 1. The van der Waals surface area contributed by atoms with Gasteiger partial charge in [-0.1, -0.05) is 20.3 Å². The van der Waals surface area contributed by atoms with E-state index >= 15 is 0 Å². The summed E-state index contributed by atoms with van der Waals surface area (Å²) >= 11 is 0. The number of aliphatic hydroxyl groups is 1. The van der Waals surface area contributed by atoms with Crippen LogP contribution in [0.2, 0.25) is 0 Å². The molecular weight excluding hydrogens is 214 g/mol. The van der Waals surface area contributed by atoms with Crippen LogP contribution in [0.25, 0.3) is 0 Å². The number of piperidine rings is 1. The summed E-state index contributed by atoms with van der Waals surface area (Å²) in [5.41, 5.74) is 0. The third-order valence-corrected chi connectivity index (χ3v) is 3.96. The molecule has 2 atom stereocenters. The van der Waals surface area contributed by atoms with Gasteiger partial charge in [0.15, 0.2) is 0 Å². The predicted molar refractivity (Wildman–Crippen MR) is 69.7 cm³/mol. The summed E-state index contributed by atoms with van der Waals surface area (Å²) < 4.78 is 0. The van der Waals surface area contributed by atoms with E-state index in [4.69, 9.17) is 5.11 Å². The third kappa shape index (κ3) is 4.66. The Morgan fingerprint density at radius 2 is 2.24 bits per heavy atom. The Balaban J connectivity index is 2.41. The molecule has 1 heterocycles. The van der Waals surface area contributed by atoms with Gasteiger partial charge in [-0.15, -0.1) is 0 Å². The molecule has 0 radical (unpaired) electrons. The first kappa shape index (κ1) is 14.5. The lowest BCUT2D eigenvalue weighted by Crippen LogP contribution is -2.44. The lowest BCUT2D eigenvalue weighted by atomic mass is 9.97. The average molecular weight is 241 g/mol. The average Bonchev–Trinajstić information content (AvgIpc) is 2.36. The molecule has 100 valence electrons. The van der Waals surface area contributed by atoms with E-state index in [9.17, 15) is 4.79 Å². The van der Waals surface area contributed by atoms with Crippen molar-refractivity contribution in [2.75, 3.05) is 13.2 Å². The number of nitrogens with zero attached hydrogens (tertiary/aromatic N) is 1. The second-order valence-electron chi connectivity index (χ2n) is 5.30. The monoisotopic (exact) mass is 241 g/mol. The molecule has 0 aliphatic carbocycles. The molecule has 0 bridgehead atoms. The van der Waals surface area contributed by atoms with Crippen molar-refractivity contribution in [1.82, 2.24) is 4.90 Å². The number of carbonyl (C=O) groups excluding carboxylic acids is 1. The molecule has 1 aliphatic heterocycles. The van der Waals surface area contributed by atoms with Crippen molar-refractivity contribution in [1.29, 1.82) is 0 Å². The molecule has 0 saturated carbocycles. The zero-order chi connectivity index (χ0) is 12.7. The maximum Gasteiger partial charge on any atom is 0.222 e. The van der Waals surface area contributed by atoms with E-state index in [-0.39, 0.29) is 12.6 Å². The summed E-state index contributed by atoms with van der Waals surface area (Å²) in [4.78, 5) is 14.2. The summed E-state index contributed by atoms with van der Waals surface area (Å²) in [6.07, 6.45) is 6.95. The normalized spacial score (nSPS) is 22.5. The van der Waals surface area contributed by atoms with Crippen LogP contribution in [0.4, 0.5) is 0 Å². The van der Waals surface area contributed by atoms with E-state index in [1.165, 1.54) is 6.42 Å². The molecule has 0 aromatic carbocycles. The summed E-state index contributed by atoms with van der Waals surface area (Å²) in [6.45, 7) is 5.46. The Bertz CT molecular complexity index is 228. The van der Waals surface area contributed by atoms with E-state index < -0.39 is 0 Å². The van der Waals surface area contributed by atoms with Gasteiger partial charge < -0.3 is 10.0 Å². The summed E-state index contributed by atoms with van der Waals surface area (Å²) in [5.74, 6) is 0.934. The van der Waals surface area contributed by atoms with E-state index in [2.05, 4.69) is 13.8 Å². The van der Waals surface area contributed by atoms with Crippen molar-refractivity contribution in [3.63, 3.8) is 0 Å².